The molecule has 0 unspecified atom stereocenters. The van der Waals surface area contributed by atoms with Gasteiger partial charge in [0.25, 0.3) is 0 Å². The van der Waals surface area contributed by atoms with Crippen LogP contribution in [0.4, 0.5) is 0 Å². The zero-order valence-electron chi connectivity index (χ0n) is 7.67. The first-order valence-electron chi connectivity index (χ1n) is 4.47. The summed E-state index contributed by atoms with van der Waals surface area (Å²) < 4.78 is 11.2. The SMILES string of the molecule is CC(C)[C@@H]1OCCC[C@@H](C)O1. The van der Waals surface area contributed by atoms with Crippen molar-refractivity contribution in [2.24, 2.45) is 5.92 Å². The van der Waals surface area contributed by atoms with Crippen molar-refractivity contribution in [1.82, 2.24) is 0 Å². The van der Waals surface area contributed by atoms with Crippen LogP contribution in [-0.2, 0) is 9.47 Å². The maximum absolute atomic E-state index is 5.65. The fourth-order valence-electron chi connectivity index (χ4n) is 1.26. The molecule has 2 nitrogen and oxygen atoms in total. The van der Waals surface area contributed by atoms with Crippen LogP contribution in [0.25, 0.3) is 0 Å². The third-order valence-electron chi connectivity index (χ3n) is 1.95. The molecule has 1 saturated heterocycles. The van der Waals surface area contributed by atoms with Gasteiger partial charge in [0.05, 0.1) is 6.10 Å². The molecule has 2 heteroatoms. The van der Waals surface area contributed by atoms with Crippen LogP contribution in [0.3, 0.4) is 0 Å². The molecule has 0 aliphatic carbocycles. The Labute approximate surface area is 68.9 Å². The van der Waals surface area contributed by atoms with E-state index in [1.165, 1.54) is 0 Å². The van der Waals surface area contributed by atoms with Crippen LogP contribution in [0.15, 0.2) is 0 Å². The zero-order valence-corrected chi connectivity index (χ0v) is 7.67. The molecule has 1 heterocycles. The topological polar surface area (TPSA) is 18.5 Å². The van der Waals surface area contributed by atoms with E-state index in [2.05, 4.69) is 20.8 Å². The highest BCUT2D eigenvalue weighted by molar-refractivity contribution is 4.60. The van der Waals surface area contributed by atoms with Gasteiger partial charge in [-0.3, -0.25) is 0 Å². The average molecular weight is 158 g/mol. The van der Waals surface area contributed by atoms with Gasteiger partial charge in [0.2, 0.25) is 0 Å². The third-order valence-corrected chi connectivity index (χ3v) is 1.95. The second kappa shape index (κ2) is 4.07. The van der Waals surface area contributed by atoms with E-state index >= 15 is 0 Å². The zero-order chi connectivity index (χ0) is 8.27. The van der Waals surface area contributed by atoms with E-state index < -0.39 is 0 Å². The molecule has 0 amide bonds. The van der Waals surface area contributed by atoms with Crippen molar-refractivity contribution >= 4 is 0 Å². The monoisotopic (exact) mass is 158 g/mol. The molecule has 0 aromatic rings. The van der Waals surface area contributed by atoms with Gasteiger partial charge in [-0.25, -0.2) is 0 Å². The van der Waals surface area contributed by atoms with Crippen molar-refractivity contribution in [3.05, 3.63) is 0 Å². The molecule has 11 heavy (non-hydrogen) atoms. The first kappa shape index (κ1) is 9.01. The summed E-state index contributed by atoms with van der Waals surface area (Å²) in [7, 11) is 0. The summed E-state index contributed by atoms with van der Waals surface area (Å²) in [6.07, 6.45) is 2.64. The van der Waals surface area contributed by atoms with E-state index in [0.29, 0.717) is 12.0 Å². The van der Waals surface area contributed by atoms with Crippen LogP contribution >= 0.6 is 0 Å². The minimum Gasteiger partial charge on any atom is -0.352 e. The van der Waals surface area contributed by atoms with E-state index in [0.717, 1.165) is 19.4 Å². The van der Waals surface area contributed by atoms with Crippen molar-refractivity contribution in [2.45, 2.75) is 46.0 Å². The van der Waals surface area contributed by atoms with Gasteiger partial charge in [-0.15, -0.1) is 0 Å². The maximum atomic E-state index is 5.65. The third kappa shape index (κ3) is 2.80. The van der Waals surface area contributed by atoms with Gasteiger partial charge in [0.1, 0.15) is 0 Å². The quantitative estimate of drug-likeness (QED) is 0.582. The highest BCUT2D eigenvalue weighted by Crippen LogP contribution is 2.17. The van der Waals surface area contributed by atoms with Gasteiger partial charge < -0.3 is 9.47 Å². The van der Waals surface area contributed by atoms with Crippen LogP contribution in [0.5, 0.6) is 0 Å². The minimum absolute atomic E-state index is 0.0208. The molecule has 0 radical (unpaired) electrons. The molecule has 0 bridgehead atoms. The van der Waals surface area contributed by atoms with Gasteiger partial charge in [0.15, 0.2) is 6.29 Å². The van der Waals surface area contributed by atoms with Gasteiger partial charge in [-0.1, -0.05) is 13.8 Å². The lowest BCUT2D eigenvalue weighted by atomic mass is 10.2. The van der Waals surface area contributed by atoms with Gasteiger partial charge in [-0.05, 0) is 19.8 Å². The lowest BCUT2D eigenvalue weighted by Crippen LogP contribution is -2.25. The molecule has 1 aliphatic heterocycles. The predicted octanol–water partition coefficient (Wildman–Crippen LogP) is 2.18. The Morgan fingerprint density at radius 3 is 2.73 bits per heavy atom. The molecule has 66 valence electrons. The largest absolute Gasteiger partial charge is 0.352 e. The Morgan fingerprint density at radius 1 is 1.36 bits per heavy atom. The number of ether oxygens (including phenoxy) is 2. The number of hydrogen-bond acceptors (Lipinski definition) is 2. The molecule has 0 N–H and O–H groups in total. The molecule has 2 atom stereocenters. The van der Waals surface area contributed by atoms with E-state index in [9.17, 15) is 0 Å². The number of rotatable bonds is 1. The minimum atomic E-state index is 0.0208. The summed E-state index contributed by atoms with van der Waals surface area (Å²) in [5, 5.41) is 0. The van der Waals surface area contributed by atoms with Crippen molar-refractivity contribution in [3.63, 3.8) is 0 Å². The van der Waals surface area contributed by atoms with Crippen LogP contribution in [0, 0.1) is 5.92 Å². The summed E-state index contributed by atoms with van der Waals surface area (Å²) >= 11 is 0. The Hall–Kier alpha value is -0.0800. The molecule has 0 spiro atoms. The van der Waals surface area contributed by atoms with Gasteiger partial charge in [0, 0.05) is 12.5 Å². The van der Waals surface area contributed by atoms with Crippen LogP contribution in [0.1, 0.15) is 33.6 Å². The fraction of sp³-hybridized carbons (Fsp3) is 1.00. The standard InChI is InChI=1S/C9H18O2/c1-7(2)9-10-6-4-5-8(3)11-9/h7-9H,4-6H2,1-3H3/t8-,9-/m1/s1. The average Bonchev–Trinajstić information content (AvgIpc) is 2.13. The maximum Gasteiger partial charge on any atom is 0.160 e. The van der Waals surface area contributed by atoms with E-state index in [4.69, 9.17) is 9.47 Å². The first-order chi connectivity index (χ1) is 5.20. The van der Waals surface area contributed by atoms with Crippen LogP contribution in [0.2, 0.25) is 0 Å². The van der Waals surface area contributed by atoms with Crippen molar-refractivity contribution in [2.75, 3.05) is 6.61 Å². The van der Waals surface area contributed by atoms with E-state index in [1.54, 1.807) is 0 Å². The normalized spacial score (nSPS) is 33.8. The highest BCUT2D eigenvalue weighted by Gasteiger charge is 2.20. The summed E-state index contributed by atoms with van der Waals surface area (Å²) in [5.41, 5.74) is 0. The molecular weight excluding hydrogens is 140 g/mol. The summed E-state index contributed by atoms with van der Waals surface area (Å²) in [6.45, 7) is 7.22. The summed E-state index contributed by atoms with van der Waals surface area (Å²) in [5.74, 6) is 0.468. The van der Waals surface area contributed by atoms with Gasteiger partial charge in [-0.2, -0.15) is 0 Å². The smallest absolute Gasteiger partial charge is 0.160 e. The van der Waals surface area contributed by atoms with Crippen LogP contribution in [-0.4, -0.2) is 19.0 Å². The highest BCUT2D eigenvalue weighted by atomic mass is 16.7. The van der Waals surface area contributed by atoms with Crippen molar-refractivity contribution in [1.29, 1.82) is 0 Å². The molecule has 1 fully saturated rings. The first-order valence-corrected chi connectivity index (χ1v) is 4.47. The lowest BCUT2D eigenvalue weighted by Gasteiger charge is -2.21. The predicted molar refractivity (Wildman–Crippen MR) is 44.4 cm³/mol. The Bertz CT molecular complexity index is 112. The lowest BCUT2D eigenvalue weighted by molar-refractivity contribution is -0.172. The Morgan fingerprint density at radius 2 is 2.09 bits per heavy atom. The van der Waals surface area contributed by atoms with Crippen molar-refractivity contribution < 1.29 is 9.47 Å². The molecule has 1 rings (SSSR count). The second-order valence-corrected chi connectivity index (χ2v) is 3.57. The summed E-state index contributed by atoms with van der Waals surface area (Å²) in [6, 6.07) is 0. The number of hydrogen-bond donors (Lipinski definition) is 0. The van der Waals surface area contributed by atoms with E-state index in [-0.39, 0.29) is 6.29 Å². The molecule has 0 aromatic heterocycles. The van der Waals surface area contributed by atoms with E-state index in [1.807, 2.05) is 0 Å². The molecule has 0 saturated carbocycles. The Kier molecular flexibility index (Phi) is 3.34. The van der Waals surface area contributed by atoms with Gasteiger partial charge >= 0.3 is 0 Å². The van der Waals surface area contributed by atoms with Crippen molar-refractivity contribution in [3.8, 4) is 0 Å². The van der Waals surface area contributed by atoms with Crippen LogP contribution < -0.4 is 0 Å². The second-order valence-electron chi connectivity index (χ2n) is 3.57. The molecule has 1 aliphatic rings. The molecule has 0 aromatic carbocycles. The fourth-order valence-corrected chi connectivity index (χ4v) is 1.26. The molecular formula is C9H18O2. The Balaban J connectivity index is 2.39. The summed E-state index contributed by atoms with van der Waals surface area (Å²) in [4.78, 5) is 0.